The second-order valence-corrected chi connectivity index (χ2v) is 5.05. The lowest BCUT2D eigenvalue weighted by molar-refractivity contribution is -0.117. The van der Waals surface area contributed by atoms with Gasteiger partial charge in [-0.05, 0) is 38.1 Å². The first-order valence-electron chi connectivity index (χ1n) is 6.73. The minimum Gasteiger partial charge on any atom is -0.319 e. The number of nitrogens with zero attached hydrogens (tertiary/aromatic N) is 1. The minimum absolute atomic E-state index is 0.243. The van der Waals surface area contributed by atoms with Crippen molar-refractivity contribution in [3.63, 3.8) is 0 Å². The molecule has 1 fully saturated rings. The summed E-state index contributed by atoms with van der Waals surface area (Å²) in [4.78, 5) is 14.1. The van der Waals surface area contributed by atoms with E-state index in [1.807, 2.05) is 11.9 Å². The first kappa shape index (κ1) is 13.1. The molecule has 18 heavy (non-hydrogen) atoms. The fraction of sp³-hybridized carbons (Fsp3) is 0.533. The van der Waals surface area contributed by atoms with Crippen LogP contribution in [0.5, 0.6) is 0 Å². The van der Waals surface area contributed by atoms with Crippen LogP contribution >= 0.6 is 0 Å². The van der Waals surface area contributed by atoms with Gasteiger partial charge in [-0.3, -0.25) is 4.79 Å². The van der Waals surface area contributed by atoms with Gasteiger partial charge in [-0.15, -0.1) is 0 Å². The second-order valence-electron chi connectivity index (χ2n) is 5.05. The highest BCUT2D eigenvalue weighted by atomic mass is 16.2. The van der Waals surface area contributed by atoms with E-state index in [9.17, 15) is 4.79 Å². The Kier molecular flexibility index (Phi) is 4.02. The molecule has 2 atom stereocenters. The molecule has 3 heteroatoms. The predicted octanol–water partition coefficient (Wildman–Crippen LogP) is 2.21. The number of rotatable bonds is 4. The van der Waals surface area contributed by atoms with Crippen molar-refractivity contribution in [2.24, 2.45) is 5.92 Å². The molecule has 1 saturated heterocycles. The fourth-order valence-corrected chi connectivity index (χ4v) is 2.71. The van der Waals surface area contributed by atoms with Gasteiger partial charge in [-0.1, -0.05) is 19.1 Å². The molecule has 2 unspecified atom stereocenters. The van der Waals surface area contributed by atoms with Crippen molar-refractivity contribution in [2.45, 2.75) is 32.7 Å². The first-order chi connectivity index (χ1) is 8.67. The van der Waals surface area contributed by atoms with E-state index in [0.717, 1.165) is 18.7 Å². The molecule has 98 valence electrons. The lowest BCUT2D eigenvalue weighted by atomic mass is 10.0. The first-order valence-corrected chi connectivity index (χ1v) is 6.73. The average Bonchev–Trinajstić information content (AvgIpc) is 2.65. The molecule has 0 aromatic heterocycles. The highest BCUT2D eigenvalue weighted by molar-refractivity contribution is 5.96. The summed E-state index contributed by atoms with van der Waals surface area (Å²) in [6, 6.07) is 8.63. The summed E-state index contributed by atoms with van der Waals surface area (Å²) in [6.45, 7) is 5.18. The van der Waals surface area contributed by atoms with Crippen LogP contribution in [0.25, 0.3) is 0 Å². The van der Waals surface area contributed by atoms with Gasteiger partial charge >= 0.3 is 0 Å². The monoisotopic (exact) mass is 246 g/mol. The third-order valence-corrected chi connectivity index (χ3v) is 3.88. The smallest absolute Gasteiger partial charge is 0.227 e. The van der Waals surface area contributed by atoms with Gasteiger partial charge in [0.05, 0.1) is 0 Å². The zero-order valence-electron chi connectivity index (χ0n) is 11.4. The van der Waals surface area contributed by atoms with Crippen molar-refractivity contribution in [1.82, 2.24) is 5.32 Å². The van der Waals surface area contributed by atoms with Crippen LogP contribution in [0.3, 0.4) is 0 Å². The molecular weight excluding hydrogens is 224 g/mol. The molecule has 0 spiro atoms. The fourth-order valence-electron chi connectivity index (χ4n) is 2.71. The molecule has 0 bridgehead atoms. The van der Waals surface area contributed by atoms with E-state index >= 15 is 0 Å². The minimum atomic E-state index is 0.243. The predicted molar refractivity (Wildman–Crippen MR) is 74.8 cm³/mol. The molecule has 1 aliphatic heterocycles. The van der Waals surface area contributed by atoms with Crippen LogP contribution < -0.4 is 10.2 Å². The Labute approximate surface area is 109 Å². The summed E-state index contributed by atoms with van der Waals surface area (Å²) in [7, 11) is 1.94. The van der Waals surface area contributed by atoms with E-state index in [1.54, 1.807) is 0 Å². The average molecular weight is 246 g/mol. The molecule has 1 aromatic rings. The molecule has 2 rings (SSSR count). The van der Waals surface area contributed by atoms with Gasteiger partial charge < -0.3 is 10.2 Å². The van der Waals surface area contributed by atoms with Crippen molar-refractivity contribution >= 4 is 11.6 Å². The van der Waals surface area contributed by atoms with Gasteiger partial charge in [0.1, 0.15) is 0 Å². The molecule has 1 aromatic carbocycles. The maximum absolute atomic E-state index is 12.1. The Morgan fingerprint density at radius 3 is 2.56 bits per heavy atom. The summed E-state index contributed by atoms with van der Waals surface area (Å²) < 4.78 is 0. The van der Waals surface area contributed by atoms with E-state index in [4.69, 9.17) is 0 Å². The third kappa shape index (κ3) is 2.41. The van der Waals surface area contributed by atoms with Crippen LogP contribution in [0.4, 0.5) is 5.69 Å². The van der Waals surface area contributed by atoms with Crippen molar-refractivity contribution in [2.75, 3.05) is 18.5 Å². The van der Waals surface area contributed by atoms with Gasteiger partial charge in [-0.25, -0.2) is 0 Å². The molecule has 0 radical (unpaired) electrons. The zero-order chi connectivity index (χ0) is 13.1. The summed E-state index contributed by atoms with van der Waals surface area (Å²) >= 11 is 0. The third-order valence-electron chi connectivity index (χ3n) is 3.88. The Balaban J connectivity index is 2.18. The Morgan fingerprint density at radius 1 is 1.33 bits per heavy atom. The van der Waals surface area contributed by atoms with Gasteiger partial charge in [0.25, 0.3) is 0 Å². The molecule has 0 aliphatic carbocycles. The molecular formula is C15H22N2O. The normalized spacial score (nSPS) is 23.7. The van der Waals surface area contributed by atoms with Crippen molar-refractivity contribution in [1.29, 1.82) is 0 Å². The summed E-state index contributed by atoms with van der Waals surface area (Å²) in [5, 5.41) is 3.17. The lowest BCUT2D eigenvalue weighted by Crippen LogP contribution is -2.35. The number of amides is 1. The molecule has 1 aliphatic rings. The van der Waals surface area contributed by atoms with Gasteiger partial charge in [0.15, 0.2) is 0 Å². The number of hydrogen-bond donors (Lipinski definition) is 1. The topological polar surface area (TPSA) is 32.3 Å². The molecule has 0 saturated carbocycles. The molecule has 1 amide bonds. The maximum Gasteiger partial charge on any atom is 0.227 e. The quantitative estimate of drug-likeness (QED) is 0.883. The van der Waals surface area contributed by atoms with Crippen molar-refractivity contribution in [3.8, 4) is 0 Å². The van der Waals surface area contributed by atoms with E-state index < -0.39 is 0 Å². The summed E-state index contributed by atoms with van der Waals surface area (Å²) in [5.41, 5.74) is 2.34. The van der Waals surface area contributed by atoms with Crippen LogP contribution in [0.1, 0.15) is 25.8 Å². The molecule has 1 N–H and O–H groups in total. The SMILES string of the molecule is CCc1ccc(N2C(=O)CC(CNC)C2C)cc1. The second kappa shape index (κ2) is 5.53. The van der Waals surface area contributed by atoms with Gasteiger partial charge in [0.2, 0.25) is 5.91 Å². The van der Waals surface area contributed by atoms with Crippen molar-refractivity contribution < 1.29 is 4.79 Å². The maximum atomic E-state index is 12.1. The van der Waals surface area contributed by atoms with Crippen LogP contribution in [0.15, 0.2) is 24.3 Å². The number of nitrogens with one attached hydrogen (secondary N) is 1. The van der Waals surface area contributed by atoms with E-state index in [-0.39, 0.29) is 11.9 Å². The molecule has 3 nitrogen and oxygen atoms in total. The number of aryl methyl sites for hydroxylation is 1. The van der Waals surface area contributed by atoms with Crippen LogP contribution in [-0.2, 0) is 11.2 Å². The van der Waals surface area contributed by atoms with Crippen LogP contribution in [0.2, 0.25) is 0 Å². The van der Waals surface area contributed by atoms with Crippen molar-refractivity contribution in [3.05, 3.63) is 29.8 Å². The summed E-state index contributed by atoms with van der Waals surface area (Å²) in [6.07, 6.45) is 1.68. The van der Waals surface area contributed by atoms with Gasteiger partial charge in [-0.2, -0.15) is 0 Å². The highest BCUT2D eigenvalue weighted by Crippen LogP contribution is 2.30. The highest BCUT2D eigenvalue weighted by Gasteiger charge is 2.36. The largest absolute Gasteiger partial charge is 0.319 e. The van der Waals surface area contributed by atoms with E-state index in [1.165, 1.54) is 5.56 Å². The number of carbonyl (C=O) groups excluding carboxylic acids is 1. The standard InChI is InChI=1S/C15H22N2O/c1-4-12-5-7-14(8-6-12)17-11(2)13(10-16-3)9-15(17)18/h5-8,11,13,16H,4,9-10H2,1-3H3. The Morgan fingerprint density at radius 2 is 2.00 bits per heavy atom. The Hall–Kier alpha value is -1.35. The van der Waals surface area contributed by atoms with E-state index in [2.05, 4.69) is 43.4 Å². The lowest BCUT2D eigenvalue weighted by Gasteiger charge is -2.25. The van der Waals surface area contributed by atoms with E-state index in [0.29, 0.717) is 12.3 Å². The Bertz CT molecular complexity index is 413. The zero-order valence-corrected chi connectivity index (χ0v) is 11.4. The number of anilines is 1. The summed E-state index contributed by atoms with van der Waals surface area (Å²) in [5.74, 6) is 0.653. The van der Waals surface area contributed by atoms with Crippen LogP contribution in [0, 0.1) is 5.92 Å². The number of carbonyl (C=O) groups is 1. The van der Waals surface area contributed by atoms with Gasteiger partial charge in [0, 0.05) is 30.6 Å². The van der Waals surface area contributed by atoms with Crippen LogP contribution in [-0.4, -0.2) is 25.5 Å². The number of hydrogen-bond acceptors (Lipinski definition) is 2. The number of benzene rings is 1. The molecule has 1 heterocycles.